The Morgan fingerprint density at radius 1 is 1.19 bits per heavy atom. The average molecular weight is 290 g/mol. The summed E-state index contributed by atoms with van der Waals surface area (Å²) >= 11 is 0. The first-order valence-electron chi connectivity index (χ1n) is 8.87. The lowest BCUT2D eigenvalue weighted by Gasteiger charge is -2.38. The van der Waals surface area contributed by atoms with Gasteiger partial charge in [0, 0.05) is 5.92 Å². The van der Waals surface area contributed by atoms with E-state index in [1.807, 2.05) is 6.20 Å². The summed E-state index contributed by atoms with van der Waals surface area (Å²) in [5, 5.41) is 3.41. The minimum atomic E-state index is 0.621. The molecule has 3 heteroatoms. The van der Waals surface area contributed by atoms with Crippen molar-refractivity contribution in [2.45, 2.75) is 71.3 Å². The first kappa shape index (κ1) is 15.1. The molecule has 0 aromatic carbocycles. The van der Waals surface area contributed by atoms with Crippen LogP contribution in [0.1, 0.15) is 76.4 Å². The number of fused-ring (bicyclic) bond motifs is 1. The SMILES string of the molecule is CC(C)CNCc1ncc(C2CCC3CCCCC3C2)o1. The quantitative estimate of drug-likeness (QED) is 0.868. The molecule has 21 heavy (non-hydrogen) atoms. The Hall–Kier alpha value is -0.830. The van der Waals surface area contributed by atoms with E-state index < -0.39 is 0 Å². The molecule has 3 unspecified atom stereocenters. The van der Waals surface area contributed by atoms with E-state index in [0.29, 0.717) is 11.8 Å². The Bertz CT molecular complexity index is 440. The zero-order valence-corrected chi connectivity index (χ0v) is 13.6. The highest BCUT2D eigenvalue weighted by atomic mass is 16.4. The fourth-order valence-electron chi connectivity index (χ4n) is 4.19. The molecule has 0 saturated heterocycles. The van der Waals surface area contributed by atoms with Gasteiger partial charge in [0.25, 0.3) is 0 Å². The number of hydrogen-bond acceptors (Lipinski definition) is 3. The molecule has 0 spiro atoms. The van der Waals surface area contributed by atoms with Crippen molar-refractivity contribution in [2.24, 2.45) is 17.8 Å². The van der Waals surface area contributed by atoms with E-state index in [1.54, 1.807) is 0 Å². The lowest BCUT2D eigenvalue weighted by molar-refractivity contribution is 0.147. The summed E-state index contributed by atoms with van der Waals surface area (Å²) in [6.45, 7) is 6.22. The lowest BCUT2D eigenvalue weighted by atomic mass is 9.67. The molecule has 0 radical (unpaired) electrons. The second kappa shape index (κ2) is 6.95. The maximum absolute atomic E-state index is 6.01. The van der Waals surface area contributed by atoms with Gasteiger partial charge in [0.1, 0.15) is 5.76 Å². The third-order valence-corrected chi connectivity index (χ3v) is 5.34. The number of hydrogen-bond donors (Lipinski definition) is 1. The van der Waals surface area contributed by atoms with Crippen LogP contribution in [0.5, 0.6) is 0 Å². The fraction of sp³-hybridized carbons (Fsp3) is 0.833. The second-order valence-corrected chi connectivity index (χ2v) is 7.50. The highest BCUT2D eigenvalue weighted by Crippen LogP contribution is 2.46. The summed E-state index contributed by atoms with van der Waals surface area (Å²) in [6, 6.07) is 0. The summed E-state index contributed by atoms with van der Waals surface area (Å²) in [5.41, 5.74) is 0. The van der Waals surface area contributed by atoms with E-state index >= 15 is 0 Å². The third kappa shape index (κ3) is 3.88. The molecular formula is C18H30N2O. The molecule has 2 fully saturated rings. The van der Waals surface area contributed by atoms with Crippen LogP contribution < -0.4 is 5.32 Å². The van der Waals surface area contributed by atoms with Crippen LogP contribution in [0.15, 0.2) is 10.6 Å². The van der Waals surface area contributed by atoms with Crippen molar-refractivity contribution in [2.75, 3.05) is 6.54 Å². The molecule has 1 aromatic rings. The van der Waals surface area contributed by atoms with Crippen LogP contribution >= 0.6 is 0 Å². The highest BCUT2D eigenvalue weighted by molar-refractivity contribution is 5.05. The van der Waals surface area contributed by atoms with Gasteiger partial charge in [-0.1, -0.05) is 39.5 Å². The van der Waals surface area contributed by atoms with Crippen LogP contribution in [0.2, 0.25) is 0 Å². The molecule has 1 aromatic heterocycles. The van der Waals surface area contributed by atoms with Crippen molar-refractivity contribution in [3.8, 4) is 0 Å². The molecule has 1 heterocycles. The monoisotopic (exact) mass is 290 g/mol. The van der Waals surface area contributed by atoms with Gasteiger partial charge in [-0.15, -0.1) is 0 Å². The Kier molecular flexibility index (Phi) is 4.99. The molecule has 118 valence electrons. The number of rotatable bonds is 5. The summed E-state index contributed by atoms with van der Waals surface area (Å²) in [7, 11) is 0. The maximum atomic E-state index is 6.01. The number of nitrogens with zero attached hydrogens (tertiary/aromatic N) is 1. The van der Waals surface area contributed by atoms with Gasteiger partial charge in [-0.05, 0) is 43.6 Å². The largest absolute Gasteiger partial charge is 0.444 e. The van der Waals surface area contributed by atoms with Gasteiger partial charge in [-0.25, -0.2) is 4.98 Å². The van der Waals surface area contributed by atoms with Crippen molar-refractivity contribution >= 4 is 0 Å². The summed E-state index contributed by atoms with van der Waals surface area (Å²) < 4.78 is 6.01. The Balaban J connectivity index is 1.53. The Labute approximate surface area is 128 Å². The molecule has 3 nitrogen and oxygen atoms in total. The molecule has 1 N–H and O–H groups in total. The second-order valence-electron chi connectivity index (χ2n) is 7.50. The maximum Gasteiger partial charge on any atom is 0.208 e. The van der Waals surface area contributed by atoms with E-state index in [9.17, 15) is 0 Å². The van der Waals surface area contributed by atoms with Crippen molar-refractivity contribution in [3.05, 3.63) is 17.8 Å². The Morgan fingerprint density at radius 3 is 2.81 bits per heavy atom. The standard InChI is InChI=1S/C18H30N2O/c1-13(2)10-19-12-18-20-11-17(21-18)16-8-7-14-5-3-4-6-15(14)9-16/h11,13-16,19H,3-10,12H2,1-2H3. The minimum Gasteiger partial charge on any atom is -0.444 e. The molecule has 2 aliphatic carbocycles. The van der Waals surface area contributed by atoms with Gasteiger partial charge in [0.05, 0.1) is 12.7 Å². The zero-order chi connectivity index (χ0) is 14.7. The predicted octanol–water partition coefficient (Wildman–Crippen LogP) is 4.49. The van der Waals surface area contributed by atoms with Gasteiger partial charge >= 0.3 is 0 Å². The first-order chi connectivity index (χ1) is 10.2. The first-order valence-corrected chi connectivity index (χ1v) is 8.87. The fourth-order valence-corrected chi connectivity index (χ4v) is 4.19. The Morgan fingerprint density at radius 2 is 2.00 bits per heavy atom. The van der Waals surface area contributed by atoms with Crippen molar-refractivity contribution in [3.63, 3.8) is 0 Å². The topological polar surface area (TPSA) is 38.1 Å². The molecule has 0 bridgehead atoms. The third-order valence-electron chi connectivity index (χ3n) is 5.34. The van der Waals surface area contributed by atoms with E-state index in [4.69, 9.17) is 4.42 Å². The normalized spacial score (nSPS) is 29.6. The van der Waals surface area contributed by atoms with E-state index in [-0.39, 0.29) is 0 Å². The van der Waals surface area contributed by atoms with Crippen LogP contribution in [0.4, 0.5) is 0 Å². The summed E-state index contributed by atoms with van der Waals surface area (Å²) in [6.07, 6.45) is 11.8. The van der Waals surface area contributed by atoms with Gasteiger partial charge in [-0.2, -0.15) is 0 Å². The van der Waals surface area contributed by atoms with Crippen molar-refractivity contribution in [1.29, 1.82) is 0 Å². The van der Waals surface area contributed by atoms with Crippen LogP contribution in [-0.2, 0) is 6.54 Å². The molecular weight excluding hydrogens is 260 g/mol. The predicted molar refractivity (Wildman–Crippen MR) is 85.1 cm³/mol. The average Bonchev–Trinajstić information content (AvgIpc) is 2.95. The number of oxazole rings is 1. The van der Waals surface area contributed by atoms with Crippen LogP contribution in [0.25, 0.3) is 0 Å². The summed E-state index contributed by atoms with van der Waals surface area (Å²) in [4.78, 5) is 4.46. The van der Waals surface area contributed by atoms with Crippen molar-refractivity contribution in [1.82, 2.24) is 10.3 Å². The van der Waals surface area contributed by atoms with Crippen LogP contribution in [0, 0.1) is 17.8 Å². The molecule has 2 aliphatic rings. The molecule has 0 amide bonds. The molecule has 0 aliphatic heterocycles. The highest BCUT2D eigenvalue weighted by Gasteiger charge is 2.34. The molecule has 2 saturated carbocycles. The molecule has 3 atom stereocenters. The van der Waals surface area contributed by atoms with E-state index in [0.717, 1.165) is 36.6 Å². The number of aromatic nitrogens is 1. The lowest BCUT2D eigenvalue weighted by Crippen LogP contribution is -2.26. The molecule has 3 rings (SSSR count). The number of nitrogens with one attached hydrogen (secondary N) is 1. The van der Waals surface area contributed by atoms with Gasteiger partial charge in [0.2, 0.25) is 5.89 Å². The van der Waals surface area contributed by atoms with Gasteiger partial charge in [0.15, 0.2) is 0 Å². The van der Waals surface area contributed by atoms with Crippen molar-refractivity contribution < 1.29 is 4.42 Å². The zero-order valence-electron chi connectivity index (χ0n) is 13.6. The van der Waals surface area contributed by atoms with E-state index in [1.165, 1.54) is 44.9 Å². The van der Waals surface area contributed by atoms with Gasteiger partial charge in [-0.3, -0.25) is 0 Å². The van der Waals surface area contributed by atoms with E-state index in [2.05, 4.69) is 24.1 Å². The minimum absolute atomic E-state index is 0.621. The van der Waals surface area contributed by atoms with Gasteiger partial charge < -0.3 is 9.73 Å². The van der Waals surface area contributed by atoms with Crippen LogP contribution in [-0.4, -0.2) is 11.5 Å². The van der Waals surface area contributed by atoms with Crippen LogP contribution in [0.3, 0.4) is 0 Å². The summed E-state index contributed by atoms with van der Waals surface area (Å²) in [5.74, 6) is 5.24. The smallest absolute Gasteiger partial charge is 0.208 e.